The number of nitrogen functional groups attached to an aromatic ring is 1. The minimum absolute atomic E-state index is 0.651. The summed E-state index contributed by atoms with van der Waals surface area (Å²) in [6.07, 6.45) is 2.59. The molecule has 94 valence electrons. The molecular formula is C13H20BrN3. The molecule has 1 heterocycles. The summed E-state index contributed by atoms with van der Waals surface area (Å²) in [5, 5.41) is 0. The lowest BCUT2D eigenvalue weighted by atomic mass is 10.2. The molecule has 0 aromatic heterocycles. The summed E-state index contributed by atoms with van der Waals surface area (Å²) in [4.78, 5) is 4.69. The quantitative estimate of drug-likeness (QED) is 0.871. The highest BCUT2D eigenvalue weighted by Crippen LogP contribution is 2.27. The fourth-order valence-electron chi connectivity index (χ4n) is 2.47. The smallest absolute Gasteiger partial charge is 0.0609 e. The van der Waals surface area contributed by atoms with Crippen molar-refractivity contribution in [1.82, 2.24) is 4.90 Å². The molecule has 0 bridgehead atoms. The number of halogens is 1. The average molecular weight is 298 g/mol. The molecule has 0 aliphatic carbocycles. The highest BCUT2D eigenvalue weighted by Gasteiger charge is 2.22. The van der Waals surface area contributed by atoms with Gasteiger partial charge in [0, 0.05) is 24.1 Å². The van der Waals surface area contributed by atoms with E-state index in [2.05, 4.69) is 45.9 Å². The van der Waals surface area contributed by atoms with Crippen molar-refractivity contribution in [3.8, 4) is 0 Å². The first-order valence-electron chi connectivity index (χ1n) is 6.04. The van der Waals surface area contributed by atoms with Crippen LogP contribution in [0.25, 0.3) is 0 Å². The molecule has 17 heavy (non-hydrogen) atoms. The number of nitrogens with zero attached hydrogens (tertiary/aromatic N) is 2. The molecule has 1 aromatic carbocycles. The Morgan fingerprint density at radius 1 is 1.53 bits per heavy atom. The first-order chi connectivity index (χ1) is 8.08. The van der Waals surface area contributed by atoms with Crippen LogP contribution >= 0.6 is 15.9 Å². The van der Waals surface area contributed by atoms with Crippen molar-refractivity contribution in [1.29, 1.82) is 0 Å². The van der Waals surface area contributed by atoms with Crippen molar-refractivity contribution < 1.29 is 0 Å². The third-order valence-electron chi connectivity index (χ3n) is 3.56. The van der Waals surface area contributed by atoms with Gasteiger partial charge in [0.15, 0.2) is 0 Å². The Kier molecular flexibility index (Phi) is 3.94. The normalized spacial score (nSPS) is 20.8. The van der Waals surface area contributed by atoms with E-state index in [9.17, 15) is 0 Å². The van der Waals surface area contributed by atoms with Gasteiger partial charge in [-0.25, -0.2) is 0 Å². The van der Waals surface area contributed by atoms with E-state index in [0.717, 1.165) is 22.4 Å². The van der Waals surface area contributed by atoms with Crippen LogP contribution in [0.4, 0.5) is 11.4 Å². The fourth-order valence-corrected chi connectivity index (χ4v) is 2.82. The van der Waals surface area contributed by atoms with Gasteiger partial charge in [0.1, 0.15) is 0 Å². The Morgan fingerprint density at radius 2 is 2.29 bits per heavy atom. The second kappa shape index (κ2) is 5.27. The third-order valence-corrected chi connectivity index (χ3v) is 4.05. The molecule has 2 N–H and O–H groups in total. The molecule has 0 spiro atoms. The molecule has 3 nitrogen and oxygen atoms in total. The molecule has 4 heteroatoms. The summed E-state index contributed by atoms with van der Waals surface area (Å²) < 4.78 is 1.08. The molecule has 1 unspecified atom stereocenters. The number of hydrogen-bond acceptors (Lipinski definition) is 3. The van der Waals surface area contributed by atoms with Crippen LogP contribution in [-0.4, -0.2) is 38.1 Å². The van der Waals surface area contributed by atoms with E-state index in [1.54, 1.807) is 0 Å². The summed E-state index contributed by atoms with van der Waals surface area (Å²) in [5.74, 6) is 0. The molecule has 1 saturated heterocycles. The van der Waals surface area contributed by atoms with Crippen LogP contribution in [-0.2, 0) is 0 Å². The van der Waals surface area contributed by atoms with Crippen molar-refractivity contribution in [2.75, 3.05) is 37.8 Å². The largest absolute Gasteiger partial charge is 0.397 e. The van der Waals surface area contributed by atoms with Crippen molar-refractivity contribution in [2.24, 2.45) is 0 Å². The molecule has 0 saturated carbocycles. The van der Waals surface area contributed by atoms with Gasteiger partial charge in [0.2, 0.25) is 0 Å². The van der Waals surface area contributed by atoms with E-state index in [4.69, 9.17) is 5.73 Å². The Balaban J connectivity index is 2.08. The Bertz CT molecular complexity index is 394. The van der Waals surface area contributed by atoms with Crippen LogP contribution < -0.4 is 10.6 Å². The maximum atomic E-state index is 6.02. The Labute approximate surface area is 112 Å². The number of hydrogen-bond donors (Lipinski definition) is 1. The SMILES string of the molecule is CN(CC1CCCN1C)c1cc(Br)ccc1N. The lowest BCUT2D eigenvalue weighted by Gasteiger charge is -2.28. The van der Waals surface area contributed by atoms with E-state index in [1.165, 1.54) is 19.4 Å². The molecular weight excluding hydrogens is 278 g/mol. The number of likely N-dealkylation sites (N-methyl/N-ethyl adjacent to an activating group) is 2. The minimum Gasteiger partial charge on any atom is -0.397 e. The second-order valence-electron chi connectivity index (χ2n) is 4.86. The maximum absolute atomic E-state index is 6.02. The van der Waals surface area contributed by atoms with Crippen molar-refractivity contribution >= 4 is 27.3 Å². The van der Waals surface area contributed by atoms with Crippen molar-refractivity contribution in [2.45, 2.75) is 18.9 Å². The first-order valence-corrected chi connectivity index (χ1v) is 6.83. The summed E-state index contributed by atoms with van der Waals surface area (Å²) in [6.45, 7) is 2.25. The highest BCUT2D eigenvalue weighted by molar-refractivity contribution is 9.10. The van der Waals surface area contributed by atoms with E-state index in [-0.39, 0.29) is 0 Å². The number of rotatable bonds is 3. The van der Waals surface area contributed by atoms with E-state index in [1.807, 2.05) is 12.1 Å². The molecule has 0 amide bonds. The molecule has 1 aliphatic rings. The molecule has 1 aliphatic heterocycles. The topological polar surface area (TPSA) is 32.5 Å². The zero-order valence-corrected chi connectivity index (χ0v) is 12.1. The molecule has 0 radical (unpaired) electrons. The van der Waals surface area contributed by atoms with Gasteiger partial charge in [-0.05, 0) is 44.6 Å². The fraction of sp³-hybridized carbons (Fsp3) is 0.538. The Hall–Kier alpha value is -0.740. The number of benzene rings is 1. The zero-order chi connectivity index (χ0) is 12.4. The standard InChI is InChI=1S/C13H20BrN3/c1-16-7-3-4-11(16)9-17(2)13-8-10(14)5-6-12(13)15/h5-6,8,11H,3-4,7,9,15H2,1-2H3. The third kappa shape index (κ3) is 2.93. The van der Waals surface area contributed by atoms with Crippen LogP contribution in [0.3, 0.4) is 0 Å². The van der Waals surface area contributed by atoms with Crippen LogP contribution in [0.5, 0.6) is 0 Å². The number of anilines is 2. The maximum Gasteiger partial charge on any atom is 0.0609 e. The van der Waals surface area contributed by atoms with Crippen molar-refractivity contribution in [3.05, 3.63) is 22.7 Å². The molecule has 1 atom stereocenters. The Morgan fingerprint density at radius 3 is 2.94 bits per heavy atom. The van der Waals surface area contributed by atoms with Gasteiger partial charge in [-0.15, -0.1) is 0 Å². The number of likely N-dealkylation sites (tertiary alicyclic amines) is 1. The van der Waals surface area contributed by atoms with Crippen LogP contribution in [0.1, 0.15) is 12.8 Å². The lowest BCUT2D eigenvalue weighted by molar-refractivity contribution is 0.314. The monoisotopic (exact) mass is 297 g/mol. The summed E-state index contributed by atoms with van der Waals surface area (Å²) >= 11 is 3.50. The average Bonchev–Trinajstić information content (AvgIpc) is 2.68. The predicted molar refractivity (Wildman–Crippen MR) is 77.5 cm³/mol. The van der Waals surface area contributed by atoms with Gasteiger partial charge >= 0.3 is 0 Å². The van der Waals surface area contributed by atoms with Gasteiger partial charge < -0.3 is 15.5 Å². The van der Waals surface area contributed by atoms with E-state index >= 15 is 0 Å². The number of nitrogens with two attached hydrogens (primary N) is 1. The minimum atomic E-state index is 0.651. The molecule has 1 fully saturated rings. The zero-order valence-electron chi connectivity index (χ0n) is 10.5. The van der Waals surface area contributed by atoms with Gasteiger partial charge in [-0.3, -0.25) is 0 Å². The summed E-state index contributed by atoms with van der Waals surface area (Å²) in [6, 6.07) is 6.67. The van der Waals surface area contributed by atoms with Gasteiger partial charge in [-0.2, -0.15) is 0 Å². The molecule has 2 rings (SSSR count). The van der Waals surface area contributed by atoms with Crippen LogP contribution in [0.15, 0.2) is 22.7 Å². The predicted octanol–water partition coefficient (Wildman–Crippen LogP) is 2.56. The van der Waals surface area contributed by atoms with Crippen LogP contribution in [0.2, 0.25) is 0 Å². The van der Waals surface area contributed by atoms with E-state index in [0.29, 0.717) is 6.04 Å². The lowest BCUT2D eigenvalue weighted by Crippen LogP contribution is -2.36. The van der Waals surface area contributed by atoms with E-state index < -0.39 is 0 Å². The van der Waals surface area contributed by atoms with Crippen molar-refractivity contribution in [3.63, 3.8) is 0 Å². The molecule has 1 aromatic rings. The first kappa shape index (κ1) is 12.7. The van der Waals surface area contributed by atoms with Crippen LogP contribution in [0, 0.1) is 0 Å². The van der Waals surface area contributed by atoms with Gasteiger partial charge in [0.25, 0.3) is 0 Å². The second-order valence-corrected chi connectivity index (χ2v) is 5.78. The summed E-state index contributed by atoms with van der Waals surface area (Å²) in [7, 11) is 4.32. The summed E-state index contributed by atoms with van der Waals surface area (Å²) in [5.41, 5.74) is 7.98. The van der Waals surface area contributed by atoms with Gasteiger partial charge in [-0.1, -0.05) is 15.9 Å². The van der Waals surface area contributed by atoms with Gasteiger partial charge in [0.05, 0.1) is 11.4 Å². The highest BCUT2D eigenvalue weighted by atomic mass is 79.9.